The highest BCUT2D eigenvalue weighted by Crippen LogP contribution is 2.34. The topological polar surface area (TPSA) is 81.2 Å². The van der Waals surface area contributed by atoms with Crippen LogP contribution in [0.25, 0.3) is 43.6 Å². The van der Waals surface area contributed by atoms with Gasteiger partial charge in [-0.3, -0.25) is 4.79 Å². The number of fused-ring (bicyclic) bond motifs is 7. The number of nitrogens with one attached hydrogen (secondary N) is 1. The fourth-order valence-electron chi connectivity index (χ4n) is 3.74. The fraction of sp³-hybridized carbons (Fsp3) is 0.0833. The van der Waals surface area contributed by atoms with E-state index in [0.717, 1.165) is 32.6 Å². The highest BCUT2D eigenvalue weighted by Gasteiger charge is 2.16. The van der Waals surface area contributed by atoms with Crippen molar-refractivity contribution in [3.05, 3.63) is 66.7 Å². The first-order chi connectivity index (χ1) is 14.7. The molecule has 1 N–H and O–H groups in total. The number of benzene rings is 4. The summed E-state index contributed by atoms with van der Waals surface area (Å²) in [5.41, 5.74) is 3.42. The molecule has 0 atom stereocenters. The van der Waals surface area contributed by atoms with Gasteiger partial charge >= 0.3 is 11.9 Å². The first-order valence-electron chi connectivity index (χ1n) is 9.65. The maximum Gasteiger partial charge on any atom is 0.397 e. The number of hydrogen-bond acceptors (Lipinski definition) is 5. The van der Waals surface area contributed by atoms with E-state index in [4.69, 9.17) is 14.7 Å². The molecule has 0 aliphatic rings. The molecule has 30 heavy (non-hydrogen) atoms. The third-order valence-corrected chi connectivity index (χ3v) is 5.04. The predicted octanol–water partition coefficient (Wildman–Crippen LogP) is 4.59. The third kappa shape index (κ3) is 2.90. The van der Waals surface area contributed by atoms with Crippen molar-refractivity contribution in [2.45, 2.75) is 6.92 Å². The Bertz CT molecular complexity index is 1480. The van der Waals surface area contributed by atoms with Crippen LogP contribution in [0.15, 0.2) is 66.7 Å². The number of nitrogens with zero attached hydrogens (tertiary/aromatic N) is 2. The molecular formula is C24H17N3O3. The molecule has 1 heterocycles. The molecule has 0 spiro atoms. The van der Waals surface area contributed by atoms with Gasteiger partial charge in [0.25, 0.3) is 0 Å². The average Bonchev–Trinajstić information content (AvgIpc) is 2.78. The van der Waals surface area contributed by atoms with Gasteiger partial charge in [0, 0.05) is 16.5 Å². The van der Waals surface area contributed by atoms with Crippen molar-refractivity contribution in [1.29, 1.82) is 0 Å². The van der Waals surface area contributed by atoms with Gasteiger partial charge in [0.15, 0.2) is 0 Å². The Morgan fingerprint density at radius 2 is 1.37 bits per heavy atom. The summed E-state index contributed by atoms with van der Waals surface area (Å²) in [7, 11) is 0. The molecule has 5 aromatic rings. The maximum atomic E-state index is 12.0. The standard InChI is InChI=1S/C24H17N3O3/c1-2-30-24(29)23(28)25-14-11-12-19-20(13-14)27-22-18-10-6-4-8-16(18)15-7-3-5-9-17(15)21(22)26-19/h3-13H,2H2,1H3,(H,25,28). The molecule has 0 bridgehead atoms. The van der Waals surface area contributed by atoms with E-state index in [2.05, 4.69) is 23.5 Å². The Balaban J connectivity index is 1.72. The van der Waals surface area contributed by atoms with Gasteiger partial charge in [-0.1, -0.05) is 48.5 Å². The van der Waals surface area contributed by atoms with Gasteiger partial charge in [0.05, 0.1) is 28.7 Å². The second-order valence-corrected chi connectivity index (χ2v) is 6.89. The number of hydrogen-bond donors (Lipinski definition) is 1. The molecular weight excluding hydrogens is 378 g/mol. The van der Waals surface area contributed by atoms with Crippen LogP contribution in [0.1, 0.15) is 6.92 Å². The van der Waals surface area contributed by atoms with Gasteiger partial charge in [-0.15, -0.1) is 0 Å². The number of rotatable bonds is 2. The highest BCUT2D eigenvalue weighted by atomic mass is 16.5. The minimum atomic E-state index is -0.917. The Morgan fingerprint density at radius 1 is 0.800 bits per heavy atom. The molecule has 0 unspecified atom stereocenters. The molecule has 0 aliphatic carbocycles. The van der Waals surface area contributed by atoms with Gasteiger partial charge in [0.1, 0.15) is 0 Å². The SMILES string of the molecule is CCOC(=O)C(=O)Nc1ccc2nc3c4ccccc4c4ccccc4c3nc2c1. The van der Waals surface area contributed by atoms with E-state index in [-0.39, 0.29) is 6.61 Å². The lowest BCUT2D eigenvalue weighted by Gasteiger charge is -2.11. The molecule has 6 nitrogen and oxygen atoms in total. The number of esters is 1. The molecule has 4 aromatic carbocycles. The summed E-state index contributed by atoms with van der Waals surface area (Å²) < 4.78 is 4.73. The molecule has 0 fully saturated rings. The summed E-state index contributed by atoms with van der Waals surface area (Å²) >= 11 is 0. The molecule has 5 rings (SSSR count). The van der Waals surface area contributed by atoms with Gasteiger partial charge < -0.3 is 10.1 Å². The molecule has 0 saturated heterocycles. The summed E-state index contributed by atoms with van der Waals surface area (Å²) in [6.07, 6.45) is 0. The summed E-state index contributed by atoms with van der Waals surface area (Å²) in [5, 5.41) is 6.85. The van der Waals surface area contributed by atoms with Crippen molar-refractivity contribution >= 4 is 61.2 Å². The lowest BCUT2D eigenvalue weighted by molar-refractivity contribution is -0.152. The molecule has 1 amide bonds. The Kier molecular flexibility index (Phi) is 4.25. The van der Waals surface area contributed by atoms with E-state index in [9.17, 15) is 9.59 Å². The van der Waals surface area contributed by atoms with Gasteiger partial charge in [0.2, 0.25) is 0 Å². The lowest BCUT2D eigenvalue weighted by Crippen LogP contribution is -2.24. The monoisotopic (exact) mass is 395 g/mol. The second-order valence-electron chi connectivity index (χ2n) is 6.89. The summed E-state index contributed by atoms with van der Waals surface area (Å²) in [6, 6.07) is 21.5. The minimum Gasteiger partial charge on any atom is -0.459 e. The Morgan fingerprint density at radius 3 is 1.97 bits per heavy atom. The first-order valence-corrected chi connectivity index (χ1v) is 9.65. The lowest BCUT2D eigenvalue weighted by atomic mass is 9.99. The predicted molar refractivity (Wildman–Crippen MR) is 117 cm³/mol. The van der Waals surface area contributed by atoms with Crippen LogP contribution in [-0.2, 0) is 14.3 Å². The normalized spacial score (nSPS) is 11.2. The number of anilines is 1. The largest absolute Gasteiger partial charge is 0.459 e. The van der Waals surface area contributed by atoms with Crippen LogP contribution in [0.2, 0.25) is 0 Å². The maximum absolute atomic E-state index is 12.0. The number of carbonyl (C=O) groups excluding carboxylic acids is 2. The van der Waals surface area contributed by atoms with Gasteiger partial charge in [-0.05, 0) is 35.9 Å². The quantitative estimate of drug-likeness (QED) is 0.205. The van der Waals surface area contributed by atoms with Crippen LogP contribution in [0, 0.1) is 0 Å². The zero-order chi connectivity index (χ0) is 20.7. The van der Waals surface area contributed by atoms with Crippen LogP contribution in [0.4, 0.5) is 5.69 Å². The van der Waals surface area contributed by atoms with E-state index in [1.165, 1.54) is 0 Å². The van der Waals surface area contributed by atoms with Crippen LogP contribution in [-0.4, -0.2) is 28.5 Å². The van der Waals surface area contributed by atoms with E-state index < -0.39 is 11.9 Å². The van der Waals surface area contributed by atoms with Crippen molar-refractivity contribution in [3.8, 4) is 0 Å². The smallest absolute Gasteiger partial charge is 0.397 e. The minimum absolute atomic E-state index is 0.141. The number of amides is 1. The van der Waals surface area contributed by atoms with Crippen molar-refractivity contribution in [2.24, 2.45) is 0 Å². The molecule has 0 aliphatic heterocycles. The van der Waals surface area contributed by atoms with E-state index in [0.29, 0.717) is 16.7 Å². The van der Waals surface area contributed by atoms with Gasteiger partial charge in [-0.25, -0.2) is 14.8 Å². The van der Waals surface area contributed by atoms with Crippen molar-refractivity contribution < 1.29 is 14.3 Å². The first kappa shape index (κ1) is 18.0. The molecule has 0 radical (unpaired) electrons. The molecule has 1 aromatic heterocycles. The average molecular weight is 395 g/mol. The van der Waals surface area contributed by atoms with Crippen LogP contribution in [0.3, 0.4) is 0 Å². The van der Waals surface area contributed by atoms with Crippen LogP contribution in [0.5, 0.6) is 0 Å². The highest BCUT2D eigenvalue weighted by molar-refractivity contribution is 6.37. The summed E-state index contributed by atoms with van der Waals surface area (Å²) in [5.74, 6) is -1.74. The number of ether oxygens (including phenoxy) is 1. The second kappa shape index (κ2) is 7.08. The zero-order valence-electron chi connectivity index (χ0n) is 16.2. The summed E-state index contributed by atoms with van der Waals surface area (Å²) in [4.78, 5) is 33.3. The number of aromatic nitrogens is 2. The van der Waals surface area contributed by atoms with Crippen molar-refractivity contribution in [2.75, 3.05) is 11.9 Å². The zero-order valence-corrected chi connectivity index (χ0v) is 16.2. The van der Waals surface area contributed by atoms with E-state index >= 15 is 0 Å². The van der Waals surface area contributed by atoms with Crippen molar-refractivity contribution in [3.63, 3.8) is 0 Å². The fourth-order valence-corrected chi connectivity index (χ4v) is 3.74. The molecule has 6 heteroatoms. The molecule has 0 saturated carbocycles. The van der Waals surface area contributed by atoms with Gasteiger partial charge in [-0.2, -0.15) is 0 Å². The van der Waals surface area contributed by atoms with E-state index in [1.54, 1.807) is 25.1 Å². The summed E-state index contributed by atoms with van der Waals surface area (Å²) in [6.45, 7) is 1.79. The van der Waals surface area contributed by atoms with Crippen LogP contribution < -0.4 is 5.32 Å². The number of carbonyl (C=O) groups is 2. The van der Waals surface area contributed by atoms with Crippen LogP contribution >= 0.6 is 0 Å². The molecule has 146 valence electrons. The van der Waals surface area contributed by atoms with E-state index in [1.807, 2.05) is 30.3 Å². The Hall–Kier alpha value is -4.06. The van der Waals surface area contributed by atoms with Crippen molar-refractivity contribution in [1.82, 2.24) is 9.97 Å². The Labute approximate surface area is 171 Å². The third-order valence-electron chi connectivity index (χ3n) is 5.04.